The van der Waals surface area contributed by atoms with Crippen molar-refractivity contribution in [3.05, 3.63) is 16.3 Å². The van der Waals surface area contributed by atoms with Gasteiger partial charge in [-0.25, -0.2) is 0 Å². The van der Waals surface area contributed by atoms with Gasteiger partial charge < -0.3 is 15.8 Å². The maximum Gasteiger partial charge on any atom is 0.263 e. The van der Waals surface area contributed by atoms with Gasteiger partial charge in [0.15, 0.2) is 0 Å². The monoisotopic (exact) mass is 252 g/mol. The van der Waals surface area contributed by atoms with Crippen molar-refractivity contribution < 1.29 is 9.53 Å². The van der Waals surface area contributed by atoms with Crippen molar-refractivity contribution in [1.29, 1.82) is 0 Å². The second-order valence-electron chi connectivity index (χ2n) is 4.75. The van der Waals surface area contributed by atoms with Crippen molar-refractivity contribution in [1.82, 2.24) is 5.32 Å². The smallest absolute Gasteiger partial charge is 0.263 e. The number of carbonyl (C=O) groups excluding carboxylic acids is 1. The van der Waals surface area contributed by atoms with E-state index >= 15 is 0 Å². The predicted octanol–water partition coefficient (Wildman–Crippen LogP) is 1.63. The van der Waals surface area contributed by atoms with Gasteiger partial charge in [-0.15, -0.1) is 11.3 Å². The lowest BCUT2D eigenvalue weighted by Crippen LogP contribution is -2.41. The van der Waals surface area contributed by atoms with E-state index in [-0.39, 0.29) is 18.1 Å². The molecule has 1 amide bonds. The molecule has 2 aliphatic rings. The molecule has 2 heterocycles. The van der Waals surface area contributed by atoms with Crippen LogP contribution in [0.2, 0.25) is 0 Å². The van der Waals surface area contributed by atoms with E-state index in [0.717, 1.165) is 13.0 Å². The van der Waals surface area contributed by atoms with Gasteiger partial charge in [0.05, 0.1) is 17.8 Å². The molecule has 0 spiro atoms. The molecular weight excluding hydrogens is 236 g/mol. The van der Waals surface area contributed by atoms with E-state index in [0.29, 0.717) is 16.5 Å². The zero-order valence-corrected chi connectivity index (χ0v) is 10.3. The van der Waals surface area contributed by atoms with E-state index in [4.69, 9.17) is 10.5 Å². The van der Waals surface area contributed by atoms with Gasteiger partial charge in [-0.05, 0) is 36.6 Å². The first-order valence-electron chi connectivity index (χ1n) is 6.01. The van der Waals surface area contributed by atoms with Crippen LogP contribution in [0.4, 0.5) is 5.69 Å². The highest BCUT2D eigenvalue weighted by molar-refractivity contribution is 7.12. The number of carbonyl (C=O) groups is 1. The molecule has 17 heavy (non-hydrogen) atoms. The van der Waals surface area contributed by atoms with Crippen LogP contribution in [-0.4, -0.2) is 24.7 Å². The van der Waals surface area contributed by atoms with Crippen molar-refractivity contribution in [3.63, 3.8) is 0 Å². The van der Waals surface area contributed by atoms with Crippen LogP contribution >= 0.6 is 11.3 Å². The van der Waals surface area contributed by atoms with Crippen molar-refractivity contribution in [2.24, 2.45) is 5.92 Å². The normalized spacial score (nSPS) is 28.2. The summed E-state index contributed by atoms with van der Waals surface area (Å²) >= 11 is 1.39. The van der Waals surface area contributed by atoms with Crippen molar-refractivity contribution >= 4 is 22.9 Å². The highest BCUT2D eigenvalue weighted by Crippen LogP contribution is 2.38. The standard InChI is InChI=1S/C12H16N2O2S/c13-8-4-6-17-11(8)12(15)14-9-3-5-16-10(9)7-1-2-7/h4,6-7,9-10H,1-3,5,13H2,(H,14,15). The van der Waals surface area contributed by atoms with Gasteiger partial charge in [0, 0.05) is 6.61 Å². The minimum absolute atomic E-state index is 0.0568. The number of ether oxygens (including phenoxy) is 1. The van der Waals surface area contributed by atoms with Crippen LogP contribution in [0, 0.1) is 5.92 Å². The van der Waals surface area contributed by atoms with E-state index in [2.05, 4.69) is 5.32 Å². The topological polar surface area (TPSA) is 64.4 Å². The summed E-state index contributed by atoms with van der Waals surface area (Å²) < 4.78 is 5.70. The highest BCUT2D eigenvalue weighted by atomic mass is 32.1. The molecule has 4 nitrogen and oxygen atoms in total. The Morgan fingerprint density at radius 2 is 2.29 bits per heavy atom. The largest absolute Gasteiger partial charge is 0.397 e. The number of rotatable bonds is 3. The number of hydrogen-bond acceptors (Lipinski definition) is 4. The Hall–Kier alpha value is -1.07. The lowest BCUT2D eigenvalue weighted by Gasteiger charge is -2.19. The number of thiophene rings is 1. The lowest BCUT2D eigenvalue weighted by molar-refractivity contribution is 0.0732. The molecular formula is C12H16N2O2S. The second kappa shape index (κ2) is 4.31. The molecule has 92 valence electrons. The van der Waals surface area contributed by atoms with Crippen LogP contribution in [0.3, 0.4) is 0 Å². The molecule has 3 rings (SSSR count). The van der Waals surface area contributed by atoms with Gasteiger partial charge in [0.1, 0.15) is 4.88 Å². The maximum atomic E-state index is 12.0. The number of amides is 1. The molecule has 0 aromatic carbocycles. The number of nitrogens with two attached hydrogens (primary N) is 1. The van der Waals surface area contributed by atoms with Crippen LogP contribution in [0.15, 0.2) is 11.4 Å². The van der Waals surface area contributed by atoms with Gasteiger partial charge >= 0.3 is 0 Å². The molecule has 0 bridgehead atoms. The van der Waals surface area contributed by atoms with Gasteiger partial charge in [0.2, 0.25) is 0 Å². The fourth-order valence-electron chi connectivity index (χ4n) is 2.39. The van der Waals surface area contributed by atoms with Crippen LogP contribution in [0.1, 0.15) is 28.9 Å². The molecule has 1 aliphatic heterocycles. The Labute approximate surface area is 104 Å². The van der Waals surface area contributed by atoms with Crippen molar-refractivity contribution in [2.45, 2.75) is 31.4 Å². The zero-order chi connectivity index (χ0) is 11.8. The average molecular weight is 252 g/mol. The summed E-state index contributed by atoms with van der Waals surface area (Å²) in [6.07, 6.45) is 3.61. The Balaban J connectivity index is 1.66. The number of anilines is 1. The molecule has 2 fully saturated rings. The molecule has 1 aromatic rings. The summed E-state index contributed by atoms with van der Waals surface area (Å²) in [5.41, 5.74) is 6.31. The Kier molecular flexibility index (Phi) is 2.80. The molecule has 1 saturated carbocycles. The lowest BCUT2D eigenvalue weighted by atomic mass is 10.1. The first-order chi connectivity index (χ1) is 8.25. The minimum Gasteiger partial charge on any atom is -0.397 e. The van der Waals surface area contributed by atoms with E-state index < -0.39 is 0 Å². The highest BCUT2D eigenvalue weighted by Gasteiger charge is 2.41. The molecule has 3 N–H and O–H groups in total. The maximum absolute atomic E-state index is 12.0. The third-order valence-electron chi connectivity index (χ3n) is 3.44. The number of nitrogen functional groups attached to an aromatic ring is 1. The zero-order valence-electron chi connectivity index (χ0n) is 9.52. The van der Waals surface area contributed by atoms with Gasteiger partial charge in [-0.1, -0.05) is 0 Å². The van der Waals surface area contributed by atoms with E-state index in [1.54, 1.807) is 6.07 Å². The average Bonchev–Trinajstić information content (AvgIpc) is 2.89. The second-order valence-corrected chi connectivity index (χ2v) is 5.66. The molecule has 2 unspecified atom stereocenters. The van der Waals surface area contributed by atoms with Crippen LogP contribution in [0.5, 0.6) is 0 Å². The summed E-state index contributed by atoms with van der Waals surface area (Å²) in [7, 11) is 0. The molecule has 5 heteroatoms. The molecule has 1 aromatic heterocycles. The summed E-state index contributed by atoms with van der Waals surface area (Å²) in [5.74, 6) is 0.599. The van der Waals surface area contributed by atoms with E-state index in [1.807, 2.05) is 5.38 Å². The summed E-state index contributed by atoms with van der Waals surface area (Å²) in [5, 5.41) is 4.90. The predicted molar refractivity (Wildman–Crippen MR) is 67.1 cm³/mol. The van der Waals surface area contributed by atoms with Gasteiger partial charge in [0.25, 0.3) is 5.91 Å². The first kappa shape index (κ1) is 11.0. The molecule has 2 atom stereocenters. The summed E-state index contributed by atoms with van der Waals surface area (Å²) in [6.45, 7) is 0.756. The SMILES string of the molecule is Nc1ccsc1C(=O)NC1CCOC1C1CC1. The Morgan fingerprint density at radius 1 is 1.47 bits per heavy atom. The number of hydrogen-bond donors (Lipinski definition) is 2. The fraction of sp³-hybridized carbons (Fsp3) is 0.583. The number of nitrogens with one attached hydrogen (secondary N) is 1. The van der Waals surface area contributed by atoms with Gasteiger partial charge in [-0.2, -0.15) is 0 Å². The van der Waals surface area contributed by atoms with E-state index in [1.165, 1.54) is 24.2 Å². The third kappa shape index (κ3) is 2.17. The van der Waals surface area contributed by atoms with Crippen LogP contribution in [0.25, 0.3) is 0 Å². The molecule has 1 aliphatic carbocycles. The van der Waals surface area contributed by atoms with Crippen LogP contribution in [-0.2, 0) is 4.74 Å². The Morgan fingerprint density at radius 3 is 2.94 bits per heavy atom. The Bertz CT molecular complexity index is 428. The minimum atomic E-state index is -0.0568. The van der Waals surface area contributed by atoms with E-state index in [9.17, 15) is 4.79 Å². The van der Waals surface area contributed by atoms with Crippen molar-refractivity contribution in [3.8, 4) is 0 Å². The van der Waals surface area contributed by atoms with Gasteiger partial charge in [-0.3, -0.25) is 4.79 Å². The summed E-state index contributed by atoms with van der Waals surface area (Å²) in [6, 6.07) is 1.93. The van der Waals surface area contributed by atoms with Crippen molar-refractivity contribution in [2.75, 3.05) is 12.3 Å². The fourth-order valence-corrected chi connectivity index (χ4v) is 3.11. The quantitative estimate of drug-likeness (QED) is 0.859. The third-order valence-corrected chi connectivity index (χ3v) is 4.37. The van der Waals surface area contributed by atoms with Crippen LogP contribution < -0.4 is 11.1 Å². The summed E-state index contributed by atoms with van der Waals surface area (Å²) in [4.78, 5) is 12.7. The molecule has 0 radical (unpaired) electrons. The molecule has 1 saturated heterocycles. The first-order valence-corrected chi connectivity index (χ1v) is 6.89.